The van der Waals surface area contributed by atoms with E-state index in [-0.39, 0.29) is 24.3 Å². The molecule has 0 aliphatic rings. The number of aliphatic carboxylic acids is 3. The van der Waals surface area contributed by atoms with E-state index in [2.05, 4.69) is 31.2 Å². The molecule has 0 aromatic carbocycles. The Kier molecular flexibility index (Phi) is 12.4. The van der Waals surface area contributed by atoms with Crippen LogP contribution in [0.4, 0.5) is 4.79 Å². The van der Waals surface area contributed by atoms with Crippen LogP contribution in [0.1, 0.15) is 58.6 Å². The van der Waals surface area contributed by atoms with Gasteiger partial charge in [-0.3, -0.25) is 9.59 Å². The third-order valence-electron chi connectivity index (χ3n) is 4.98. The minimum Gasteiger partial charge on any atom is -0.481 e. The quantitative estimate of drug-likeness (QED) is 0.139. The highest BCUT2D eigenvalue weighted by Crippen LogP contribution is 2.07. The third-order valence-corrected chi connectivity index (χ3v) is 4.98. The third kappa shape index (κ3) is 12.7. The molecular formula is C22H36N6O8. The number of rotatable bonds is 16. The summed E-state index contributed by atoms with van der Waals surface area (Å²) in [4.78, 5) is 65.0. The molecule has 0 spiro atoms. The smallest absolute Gasteiger partial charge is 0.326 e. The summed E-state index contributed by atoms with van der Waals surface area (Å²) >= 11 is 0. The second-order valence-corrected chi connectivity index (χ2v) is 9.35. The fourth-order valence-corrected chi connectivity index (χ4v) is 3.30. The van der Waals surface area contributed by atoms with Gasteiger partial charge in [0.25, 0.3) is 0 Å². The first kappa shape index (κ1) is 30.4. The van der Waals surface area contributed by atoms with Crippen LogP contribution in [0.15, 0.2) is 12.5 Å². The van der Waals surface area contributed by atoms with Crippen molar-refractivity contribution in [3.63, 3.8) is 0 Å². The maximum Gasteiger partial charge on any atom is 0.326 e. The molecule has 1 aromatic heterocycles. The molecule has 1 rings (SSSR count). The highest BCUT2D eigenvalue weighted by atomic mass is 16.4. The number of hydrogen-bond donors (Lipinski definition) is 8. The van der Waals surface area contributed by atoms with Gasteiger partial charge in [0.05, 0.1) is 12.4 Å². The van der Waals surface area contributed by atoms with Gasteiger partial charge in [-0.2, -0.15) is 0 Å². The number of imidazole rings is 1. The predicted molar refractivity (Wildman–Crippen MR) is 127 cm³/mol. The Morgan fingerprint density at radius 3 is 2.06 bits per heavy atom. The van der Waals surface area contributed by atoms with Crippen molar-refractivity contribution in [1.29, 1.82) is 0 Å². The van der Waals surface area contributed by atoms with Crippen molar-refractivity contribution in [3.8, 4) is 0 Å². The predicted octanol–water partition coefficient (Wildman–Crippen LogP) is 0.0658. The number of hydrogen-bond acceptors (Lipinski definition) is 7. The second-order valence-electron chi connectivity index (χ2n) is 9.35. The van der Waals surface area contributed by atoms with E-state index in [4.69, 9.17) is 10.2 Å². The number of carbonyl (C=O) groups is 5. The molecule has 3 amide bonds. The molecule has 1 aromatic rings. The molecule has 0 radical (unpaired) electrons. The van der Waals surface area contributed by atoms with Crippen molar-refractivity contribution in [1.82, 2.24) is 31.2 Å². The molecule has 1 heterocycles. The standard InChI is InChI=1S/C22H36N6O8/c1-22(2,3)28-16(10-13-11-23-12-25-13)18(31)24-9-5-4-6-14(19(32)33)26-21(36)27-15(20(34)35)7-8-17(29)30/h11-12,14-16,28H,4-10H2,1-3H3,(H,23,25)(H,24,31)(H,29,30)(H,32,33)(H,34,35)(H2,26,27,36). The molecule has 0 aliphatic heterocycles. The van der Waals surface area contributed by atoms with Gasteiger partial charge in [-0.25, -0.2) is 19.4 Å². The van der Waals surface area contributed by atoms with Crippen LogP contribution in [0.25, 0.3) is 0 Å². The average Bonchev–Trinajstić information content (AvgIpc) is 3.26. The molecule has 0 fully saturated rings. The lowest BCUT2D eigenvalue weighted by molar-refractivity contribution is -0.140. The molecule has 14 heteroatoms. The van der Waals surface area contributed by atoms with Gasteiger partial charge < -0.3 is 41.6 Å². The summed E-state index contributed by atoms with van der Waals surface area (Å²) in [5.74, 6) is -4.17. The summed E-state index contributed by atoms with van der Waals surface area (Å²) in [7, 11) is 0. The first-order valence-electron chi connectivity index (χ1n) is 11.6. The van der Waals surface area contributed by atoms with Crippen molar-refractivity contribution in [2.45, 2.75) is 83.0 Å². The van der Waals surface area contributed by atoms with Gasteiger partial charge in [0, 0.05) is 36.8 Å². The van der Waals surface area contributed by atoms with E-state index in [1.807, 2.05) is 20.8 Å². The first-order chi connectivity index (χ1) is 16.8. The molecule has 3 unspecified atom stereocenters. The number of unbranched alkanes of at least 4 members (excludes halogenated alkanes) is 1. The number of amides is 3. The number of aromatic nitrogens is 2. The van der Waals surface area contributed by atoms with E-state index < -0.39 is 48.5 Å². The fraction of sp³-hybridized carbons (Fsp3) is 0.636. The van der Waals surface area contributed by atoms with E-state index in [1.165, 1.54) is 6.33 Å². The zero-order valence-electron chi connectivity index (χ0n) is 20.7. The normalized spacial score (nSPS) is 13.8. The molecular weight excluding hydrogens is 476 g/mol. The molecule has 14 nitrogen and oxygen atoms in total. The number of carboxylic acids is 3. The van der Waals surface area contributed by atoms with Crippen LogP contribution >= 0.6 is 0 Å². The van der Waals surface area contributed by atoms with Gasteiger partial charge in [-0.1, -0.05) is 0 Å². The van der Waals surface area contributed by atoms with E-state index in [0.717, 1.165) is 5.69 Å². The molecule has 202 valence electrons. The fourth-order valence-electron chi connectivity index (χ4n) is 3.30. The molecule has 8 N–H and O–H groups in total. The van der Waals surface area contributed by atoms with E-state index >= 15 is 0 Å². The Bertz CT molecular complexity index is 884. The Morgan fingerprint density at radius 2 is 1.56 bits per heavy atom. The Balaban J connectivity index is 2.50. The summed E-state index contributed by atoms with van der Waals surface area (Å²) in [5.41, 5.74) is 0.490. The van der Waals surface area contributed by atoms with Crippen LogP contribution < -0.4 is 21.3 Å². The zero-order chi connectivity index (χ0) is 27.3. The number of urea groups is 1. The van der Waals surface area contributed by atoms with Crippen molar-refractivity contribution in [3.05, 3.63) is 18.2 Å². The largest absolute Gasteiger partial charge is 0.481 e. The maximum atomic E-state index is 12.7. The highest BCUT2D eigenvalue weighted by Gasteiger charge is 2.26. The maximum absolute atomic E-state index is 12.7. The second kappa shape index (κ2) is 14.7. The molecule has 0 saturated heterocycles. The van der Waals surface area contributed by atoms with Crippen molar-refractivity contribution in [2.24, 2.45) is 0 Å². The van der Waals surface area contributed by atoms with E-state index in [1.54, 1.807) is 6.20 Å². The molecule has 0 bridgehead atoms. The van der Waals surface area contributed by atoms with Crippen molar-refractivity contribution >= 4 is 29.8 Å². The average molecular weight is 513 g/mol. The van der Waals surface area contributed by atoms with Crippen LogP contribution in [0.3, 0.4) is 0 Å². The number of carbonyl (C=O) groups excluding carboxylic acids is 2. The Labute approximate surface area is 208 Å². The molecule has 3 atom stereocenters. The summed E-state index contributed by atoms with van der Waals surface area (Å²) in [6, 6.07) is -4.29. The van der Waals surface area contributed by atoms with Crippen molar-refractivity contribution < 1.29 is 39.3 Å². The number of aromatic amines is 1. The lowest BCUT2D eigenvalue weighted by atomic mass is 10.0. The topological polar surface area (TPSA) is 223 Å². The van der Waals surface area contributed by atoms with Gasteiger partial charge in [-0.15, -0.1) is 0 Å². The van der Waals surface area contributed by atoms with Crippen LogP contribution in [-0.2, 0) is 25.6 Å². The summed E-state index contributed by atoms with van der Waals surface area (Å²) in [5, 5.41) is 37.5. The molecule has 36 heavy (non-hydrogen) atoms. The highest BCUT2D eigenvalue weighted by molar-refractivity contribution is 5.86. The number of H-pyrrole nitrogens is 1. The monoisotopic (exact) mass is 512 g/mol. The Hall–Kier alpha value is -3.68. The van der Waals surface area contributed by atoms with Gasteiger partial charge in [-0.05, 0) is 46.5 Å². The summed E-state index contributed by atoms with van der Waals surface area (Å²) in [6.07, 6.45) is 3.62. The Morgan fingerprint density at radius 1 is 0.944 bits per heavy atom. The minimum atomic E-state index is -1.47. The number of nitrogens with zero attached hydrogens (tertiary/aromatic N) is 1. The SMILES string of the molecule is CC(C)(C)NC(Cc1cnc[nH]1)C(=O)NCCCCC(NC(=O)NC(CCC(=O)O)C(=O)O)C(=O)O. The first-order valence-corrected chi connectivity index (χ1v) is 11.6. The van der Waals surface area contributed by atoms with Crippen LogP contribution in [0.2, 0.25) is 0 Å². The van der Waals surface area contributed by atoms with Gasteiger partial charge >= 0.3 is 23.9 Å². The lowest BCUT2D eigenvalue weighted by Gasteiger charge is -2.27. The van der Waals surface area contributed by atoms with E-state index in [9.17, 15) is 29.1 Å². The number of nitrogens with one attached hydrogen (secondary N) is 5. The zero-order valence-corrected chi connectivity index (χ0v) is 20.7. The van der Waals surface area contributed by atoms with Gasteiger partial charge in [0.1, 0.15) is 12.1 Å². The van der Waals surface area contributed by atoms with Gasteiger partial charge in [0.15, 0.2) is 0 Å². The van der Waals surface area contributed by atoms with Crippen LogP contribution in [0, 0.1) is 0 Å². The minimum absolute atomic E-state index is 0.0449. The number of carboxylic acid groups (broad SMARTS) is 3. The van der Waals surface area contributed by atoms with E-state index in [0.29, 0.717) is 25.8 Å². The van der Waals surface area contributed by atoms with Gasteiger partial charge in [0.2, 0.25) is 5.91 Å². The summed E-state index contributed by atoms with van der Waals surface area (Å²) < 4.78 is 0. The van der Waals surface area contributed by atoms with Crippen LogP contribution in [-0.4, -0.2) is 85.3 Å². The summed E-state index contributed by atoms with van der Waals surface area (Å²) in [6.45, 7) is 6.12. The van der Waals surface area contributed by atoms with Crippen LogP contribution in [0.5, 0.6) is 0 Å². The lowest BCUT2D eigenvalue weighted by Crippen LogP contribution is -2.52. The van der Waals surface area contributed by atoms with Crippen molar-refractivity contribution in [2.75, 3.05) is 6.54 Å². The molecule has 0 saturated carbocycles. The molecule has 0 aliphatic carbocycles.